The highest BCUT2D eigenvalue weighted by Crippen LogP contribution is 2.23. The number of nitrogens with zero attached hydrogens (tertiary/aromatic N) is 3. The van der Waals surface area contributed by atoms with E-state index in [-0.39, 0.29) is 0 Å². The Morgan fingerprint density at radius 2 is 2.15 bits per heavy atom. The van der Waals surface area contributed by atoms with Crippen molar-refractivity contribution >= 4 is 11.8 Å². The lowest BCUT2D eigenvalue weighted by molar-refractivity contribution is 0.129. The molecule has 20 heavy (non-hydrogen) atoms. The predicted molar refractivity (Wildman–Crippen MR) is 79.9 cm³/mol. The molecule has 5 heteroatoms. The summed E-state index contributed by atoms with van der Waals surface area (Å²) in [5.74, 6) is 1.98. The molecular weight excluding hydrogens is 270 g/mol. The Labute approximate surface area is 123 Å². The zero-order valence-corrected chi connectivity index (χ0v) is 12.5. The molecule has 0 N–H and O–H groups in total. The zero-order chi connectivity index (χ0) is 13.8. The summed E-state index contributed by atoms with van der Waals surface area (Å²) in [6.45, 7) is 0.906. The number of rotatable bonds is 5. The van der Waals surface area contributed by atoms with Gasteiger partial charge in [0, 0.05) is 25.8 Å². The summed E-state index contributed by atoms with van der Waals surface area (Å²) in [6.07, 6.45) is 3.56. The van der Waals surface area contributed by atoms with Crippen molar-refractivity contribution in [3.63, 3.8) is 0 Å². The molecule has 3 rings (SSSR count). The first-order chi connectivity index (χ1) is 9.83. The van der Waals surface area contributed by atoms with Gasteiger partial charge in [0.05, 0.1) is 6.10 Å². The van der Waals surface area contributed by atoms with E-state index in [1.807, 2.05) is 13.1 Å². The van der Waals surface area contributed by atoms with Gasteiger partial charge in [0.2, 0.25) is 0 Å². The quantitative estimate of drug-likeness (QED) is 0.793. The smallest absolute Gasteiger partial charge is 0.191 e. The Kier molecular flexibility index (Phi) is 4.38. The summed E-state index contributed by atoms with van der Waals surface area (Å²) in [5.41, 5.74) is 1.26. The largest absolute Gasteiger partial charge is 0.377 e. The molecule has 2 aromatic rings. The van der Waals surface area contributed by atoms with E-state index in [0.717, 1.165) is 29.8 Å². The maximum atomic E-state index is 5.64. The molecular formula is C15H19N3OS. The molecule has 1 aliphatic rings. The Hall–Kier alpha value is -1.33. The minimum absolute atomic E-state index is 0.384. The summed E-state index contributed by atoms with van der Waals surface area (Å²) in [5, 5.41) is 9.58. The Balaban J connectivity index is 1.62. The van der Waals surface area contributed by atoms with E-state index in [1.165, 1.54) is 18.4 Å². The second-order valence-electron chi connectivity index (χ2n) is 5.07. The van der Waals surface area contributed by atoms with Crippen molar-refractivity contribution in [1.82, 2.24) is 14.8 Å². The molecule has 0 bridgehead atoms. The van der Waals surface area contributed by atoms with Gasteiger partial charge in [-0.1, -0.05) is 42.1 Å². The van der Waals surface area contributed by atoms with E-state index in [0.29, 0.717) is 6.10 Å². The number of hydrogen-bond acceptors (Lipinski definition) is 4. The van der Waals surface area contributed by atoms with Crippen LogP contribution in [0.5, 0.6) is 0 Å². The van der Waals surface area contributed by atoms with Crippen LogP contribution in [0.25, 0.3) is 0 Å². The summed E-state index contributed by atoms with van der Waals surface area (Å²) in [4.78, 5) is 0. The first-order valence-corrected chi connectivity index (χ1v) is 7.98. The molecule has 1 saturated heterocycles. The van der Waals surface area contributed by atoms with Gasteiger partial charge in [-0.3, -0.25) is 0 Å². The monoisotopic (exact) mass is 289 g/mol. The lowest BCUT2D eigenvalue weighted by Crippen LogP contribution is -2.09. The van der Waals surface area contributed by atoms with Gasteiger partial charge in [0.15, 0.2) is 5.16 Å². The van der Waals surface area contributed by atoms with Gasteiger partial charge in [-0.05, 0) is 18.4 Å². The fourth-order valence-corrected chi connectivity index (χ4v) is 3.34. The Bertz CT molecular complexity index is 550. The molecule has 0 radical (unpaired) electrons. The van der Waals surface area contributed by atoms with E-state index >= 15 is 0 Å². The third-order valence-corrected chi connectivity index (χ3v) is 4.70. The van der Waals surface area contributed by atoms with E-state index in [4.69, 9.17) is 4.74 Å². The van der Waals surface area contributed by atoms with Crippen molar-refractivity contribution in [2.45, 2.75) is 30.5 Å². The zero-order valence-electron chi connectivity index (χ0n) is 11.7. The molecule has 1 aromatic heterocycles. The third-order valence-electron chi connectivity index (χ3n) is 3.55. The average Bonchev–Trinajstić information content (AvgIpc) is 3.10. The van der Waals surface area contributed by atoms with Gasteiger partial charge in [-0.15, -0.1) is 10.2 Å². The standard InChI is InChI=1S/C15H19N3OS/c1-18-14(10-12-6-3-2-4-7-12)16-17-15(18)20-11-13-8-5-9-19-13/h2-4,6-7,13H,5,8-11H2,1H3/t13-/m1/s1. The van der Waals surface area contributed by atoms with Crippen LogP contribution < -0.4 is 0 Å². The molecule has 2 heterocycles. The number of ether oxygens (including phenoxy) is 1. The lowest BCUT2D eigenvalue weighted by Gasteiger charge is -2.08. The maximum Gasteiger partial charge on any atom is 0.191 e. The van der Waals surface area contributed by atoms with Crippen LogP contribution in [0.1, 0.15) is 24.2 Å². The predicted octanol–water partition coefficient (Wildman–Crippen LogP) is 2.68. The second kappa shape index (κ2) is 6.41. The molecule has 1 fully saturated rings. The molecule has 1 atom stereocenters. The normalized spacial score (nSPS) is 18.6. The third kappa shape index (κ3) is 3.22. The highest BCUT2D eigenvalue weighted by molar-refractivity contribution is 7.99. The second-order valence-corrected chi connectivity index (χ2v) is 6.05. The van der Waals surface area contributed by atoms with Gasteiger partial charge in [0.1, 0.15) is 5.82 Å². The Morgan fingerprint density at radius 3 is 2.90 bits per heavy atom. The SMILES string of the molecule is Cn1c(Cc2ccccc2)nnc1SC[C@H]1CCCO1. The van der Waals surface area contributed by atoms with E-state index < -0.39 is 0 Å². The molecule has 0 unspecified atom stereocenters. The molecule has 0 aliphatic carbocycles. The van der Waals surface area contributed by atoms with Crippen LogP contribution in [-0.4, -0.2) is 33.2 Å². The van der Waals surface area contributed by atoms with Crippen LogP contribution in [0.4, 0.5) is 0 Å². The topological polar surface area (TPSA) is 39.9 Å². The van der Waals surface area contributed by atoms with Gasteiger partial charge < -0.3 is 9.30 Å². The molecule has 4 nitrogen and oxygen atoms in total. The summed E-state index contributed by atoms with van der Waals surface area (Å²) in [7, 11) is 2.04. The number of aromatic nitrogens is 3. The van der Waals surface area contributed by atoms with Crippen LogP contribution in [0.2, 0.25) is 0 Å². The van der Waals surface area contributed by atoms with Gasteiger partial charge >= 0.3 is 0 Å². The minimum Gasteiger partial charge on any atom is -0.377 e. The van der Waals surface area contributed by atoms with Crippen LogP contribution in [0, 0.1) is 0 Å². The van der Waals surface area contributed by atoms with Crippen molar-refractivity contribution in [2.24, 2.45) is 7.05 Å². The van der Waals surface area contributed by atoms with Crippen LogP contribution in [0.3, 0.4) is 0 Å². The molecule has 0 amide bonds. The summed E-state index contributed by atoms with van der Waals surface area (Å²) in [6, 6.07) is 10.4. The van der Waals surface area contributed by atoms with Crippen molar-refractivity contribution < 1.29 is 4.74 Å². The van der Waals surface area contributed by atoms with Gasteiger partial charge in [-0.2, -0.15) is 0 Å². The van der Waals surface area contributed by atoms with Crippen molar-refractivity contribution in [2.75, 3.05) is 12.4 Å². The average molecular weight is 289 g/mol. The fraction of sp³-hybridized carbons (Fsp3) is 0.467. The van der Waals surface area contributed by atoms with E-state index in [2.05, 4.69) is 39.0 Å². The first-order valence-electron chi connectivity index (χ1n) is 6.99. The van der Waals surface area contributed by atoms with Crippen LogP contribution in [-0.2, 0) is 18.2 Å². The molecule has 1 aromatic carbocycles. The van der Waals surface area contributed by atoms with Gasteiger partial charge in [0.25, 0.3) is 0 Å². The number of hydrogen-bond donors (Lipinski definition) is 0. The first kappa shape index (κ1) is 13.6. The van der Waals surface area contributed by atoms with Crippen molar-refractivity contribution in [3.05, 3.63) is 41.7 Å². The van der Waals surface area contributed by atoms with Crippen LogP contribution >= 0.6 is 11.8 Å². The number of benzene rings is 1. The number of thioether (sulfide) groups is 1. The minimum atomic E-state index is 0.384. The van der Waals surface area contributed by atoms with Gasteiger partial charge in [-0.25, -0.2) is 0 Å². The molecule has 106 valence electrons. The summed E-state index contributed by atoms with van der Waals surface area (Å²) >= 11 is 1.74. The van der Waals surface area contributed by atoms with Crippen LogP contribution in [0.15, 0.2) is 35.5 Å². The highest BCUT2D eigenvalue weighted by atomic mass is 32.2. The Morgan fingerprint density at radius 1 is 1.30 bits per heavy atom. The van der Waals surface area contributed by atoms with Crippen molar-refractivity contribution in [1.29, 1.82) is 0 Å². The van der Waals surface area contributed by atoms with Crippen molar-refractivity contribution in [3.8, 4) is 0 Å². The van der Waals surface area contributed by atoms with E-state index in [1.54, 1.807) is 11.8 Å². The highest BCUT2D eigenvalue weighted by Gasteiger charge is 2.17. The molecule has 0 saturated carbocycles. The molecule has 0 spiro atoms. The summed E-state index contributed by atoms with van der Waals surface area (Å²) < 4.78 is 7.73. The maximum absolute atomic E-state index is 5.64. The molecule has 1 aliphatic heterocycles. The van der Waals surface area contributed by atoms with E-state index in [9.17, 15) is 0 Å². The fourth-order valence-electron chi connectivity index (χ4n) is 2.35. The lowest BCUT2D eigenvalue weighted by atomic mass is 10.1.